The van der Waals surface area contributed by atoms with Gasteiger partial charge in [-0.1, -0.05) is 6.07 Å². The molecule has 0 fully saturated rings. The third-order valence-electron chi connectivity index (χ3n) is 3.90. The summed E-state index contributed by atoms with van der Waals surface area (Å²) in [6.45, 7) is 3.75. The molecule has 0 aliphatic rings. The van der Waals surface area contributed by atoms with Gasteiger partial charge in [-0.2, -0.15) is 5.26 Å². The molecule has 128 valence electrons. The van der Waals surface area contributed by atoms with Gasteiger partial charge in [-0.15, -0.1) is 0 Å². The molecule has 0 spiro atoms. The standard InChI is InChI=1S/C19H15N5O2/c1-12-13(2)22-18-9-15(6-7-17(18)21-12)23-19(26)24(11-25)16-5-3-4-14(8-16)10-20/h3-9,11H,1-2H3,(H,23,26). The van der Waals surface area contributed by atoms with Crippen molar-refractivity contribution < 1.29 is 9.59 Å². The monoisotopic (exact) mass is 345 g/mol. The predicted octanol–water partition coefficient (Wildman–Crippen LogP) is 3.31. The number of urea groups is 1. The van der Waals surface area contributed by atoms with E-state index >= 15 is 0 Å². The second kappa shape index (κ2) is 6.99. The normalized spacial score (nSPS) is 10.2. The summed E-state index contributed by atoms with van der Waals surface area (Å²) in [5, 5.41) is 11.6. The summed E-state index contributed by atoms with van der Waals surface area (Å²) in [7, 11) is 0. The molecular weight excluding hydrogens is 330 g/mol. The Morgan fingerprint density at radius 3 is 2.54 bits per heavy atom. The Hall–Kier alpha value is -3.79. The Bertz CT molecular complexity index is 1060. The first kappa shape index (κ1) is 17.0. The van der Waals surface area contributed by atoms with Crippen LogP contribution in [0.25, 0.3) is 11.0 Å². The number of amides is 3. The van der Waals surface area contributed by atoms with Crippen LogP contribution in [0.5, 0.6) is 0 Å². The fourth-order valence-electron chi connectivity index (χ4n) is 2.44. The molecule has 3 rings (SSSR count). The molecule has 1 N–H and O–H groups in total. The number of rotatable bonds is 3. The Morgan fingerprint density at radius 2 is 1.85 bits per heavy atom. The summed E-state index contributed by atoms with van der Waals surface area (Å²) in [5.41, 5.74) is 4.18. The third kappa shape index (κ3) is 3.35. The van der Waals surface area contributed by atoms with Crippen molar-refractivity contribution in [2.75, 3.05) is 10.2 Å². The second-order valence-electron chi connectivity index (χ2n) is 5.67. The van der Waals surface area contributed by atoms with Crippen molar-refractivity contribution in [3.8, 4) is 6.07 Å². The highest BCUT2D eigenvalue weighted by molar-refractivity contribution is 6.12. The van der Waals surface area contributed by atoms with Gasteiger partial charge in [0, 0.05) is 5.69 Å². The highest BCUT2D eigenvalue weighted by atomic mass is 16.2. The van der Waals surface area contributed by atoms with Gasteiger partial charge < -0.3 is 5.32 Å². The molecule has 1 aromatic heterocycles. The largest absolute Gasteiger partial charge is 0.332 e. The van der Waals surface area contributed by atoms with E-state index in [9.17, 15) is 9.59 Å². The summed E-state index contributed by atoms with van der Waals surface area (Å²) in [6, 6.07) is 12.7. The molecule has 0 saturated carbocycles. The van der Waals surface area contributed by atoms with Gasteiger partial charge in [0.25, 0.3) is 0 Å². The minimum atomic E-state index is -0.633. The first-order valence-electron chi connectivity index (χ1n) is 7.82. The lowest BCUT2D eigenvalue weighted by molar-refractivity contribution is -0.106. The number of imide groups is 1. The summed E-state index contributed by atoms with van der Waals surface area (Å²) in [6.07, 6.45) is 0.403. The number of aryl methyl sites for hydroxylation is 2. The van der Waals surface area contributed by atoms with Crippen LogP contribution in [-0.2, 0) is 4.79 Å². The topological polar surface area (TPSA) is 99.0 Å². The lowest BCUT2D eigenvalue weighted by Crippen LogP contribution is -2.33. The Balaban J connectivity index is 1.88. The quantitative estimate of drug-likeness (QED) is 0.734. The Labute approximate surface area is 149 Å². The van der Waals surface area contributed by atoms with Crippen molar-refractivity contribution in [1.29, 1.82) is 5.26 Å². The fourth-order valence-corrected chi connectivity index (χ4v) is 2.44. The first-order chi connectivity index (χ1) is 12.5. The number of nitriles is 1. The van der Waals surface area contributed by atoms with E-state index in [4.69, 9.17) is 5.26 Å². The molecule has 2 aromatic carbocycles. The van der Waals surface area contributed by atoms with E-state index in [1.807, 2.05) is 19.9 Å². The van der Waals surface area contributed by atoms with Crippen LogP contribution >= 0.6 is 0 Å². The SMILES string of the molecule is Cc1nc2ccc(NC(=O)N(C=O)c3cccc(C#N)c3)cc2nc1C. The zero-order chi connectivity index (χ0) is 18.7. The van der Waals surface area contributed by atoms with Crippen LogP contribution < -0.4 is 10.2 Å². The highest BCUT2D eigenvalue weighted by Crippen LogP contribution is 2.20. The number of carbonyl (C=O) groups is 2. The van der Waals surface area contributed by atoms with Crippen LogP contribution in [-0.4, -0.2) is 22.4 Å². The third-order valence-corrected chi connectivity index (χ3v) is 3.90. The Kier molecular flexibility index (Phi) is 4.58. The molecule has 1 heterocycles. The fraction of sp³-hybridized carbons (Fsp3) is 0.105. The molecular formula is C19H15N5O2. The van der Waals surface area contributed by atoms with E-state index in [1.54, 1.807) is 36.4 Å². The molecule has 26 heavy (non-hydrogen) atoms. The van der Waals surface area contributed by atoms with E-state index in [0.717, 1.165) is 21.8 Å². The smallest absolute Gasteiger partial charge is 0.307 e. The molecule has 0 radical (unpaired) electrons. The van der Waals surface area contributed by atoms with Crippen LogP contribution in [0, 0.1) is 25.2 Å². The number of fused-ring (bicyclic) bond motifs is 1. The number of hydrogen-bond acceptors (Lipinski definition) is 5. The maximum absolute atomic E-state index is 12.5. The molecule has 3 aromatic rings. The van der Waals surface area contributed by atoms with E-state index in [1.165, 1.54) is 6.07 Å². The Morgan fingerprint density at radius 1 is 1.12 bits per heavy atom. The number of nitrogens with one attached hydrogen (secondary N) is 1. The van der Waals surface area contributed by atoms with Crippen LogP contribution in [0.2, 0.25) is 0 Å². The van der Waals surface area contributed by atoms with Crippen LogP contribution in [0.15, 0.2) is 42.5 Å². The molecule has 0 aliphatic carbocycles. The van der Waals surface area contributed by atoms with Crippen molar-refractivity contribution in [1.82, 2.24) is 9.97 Å². The molecule has 3 amide bonds. The van der Waals surface area contributed by atoms with E-state index in [-0.39, 0.29) is 0 Å². The van der Waals surface area contributed by atoms with Gasteiger partial charge in [-0.25, -0.2) is 19.7 Å². The summed E-state index contributed by atoms with van der Waals surface area (Å²) in [4.78, 5) is 33.7. The van der Waals surface area contributed by atoms with Crippen molar-refractivity contribution in [3.63, 3.8) is 0 Å². The number of nitrogens with zero attached hydrogens (tertiary/aromatic N) is 4. The zero-order valence-corrected chi connectivity index (χ0v) is 14.2. The average molecular weight is 345 g/mol. The molecule has 0 unspecified atom stereocenters. The van der Waals surface area contributed by atoms with Gasteiger partial charge in [-0.05, 0) is 50.2 Å². The maximum Gasteiger partial charge on any atom is 0.332 e. The van der Waals surface area contributed by atoms with Gasteiger partial charge >= 0.3 is 6.03 Å². The van der Waals surface area contributed by atoms with Crippen molar-refractivity contribution in [2.24, 2.45) is 0 Å². The van der Waals surface area contributed by atoms with Gasteiger partial charge in [0.2, 0.25) is 6.41 Å². The highest BCUT2D eigenvalue weighted by Gasteiger charge is 2.16. The number of anilines is 2. The summed E-state index contributed by atoms with van der Waals surface area (Å²) < 4.78 is 0. The van der Waals surface area contributed by atoms with E-state index in [2.05, 4.69) is 15.3 Å². The van der Waals surface area contributed by atoms with Gasteiger partial charge in [0.05, 0.1) is 39.7 Å². The lowest BCUT2D eigenvalue weighted by Gasteiger charge is -2.17. The van der Waals surface area contributed by atoms with E-state index in [0.29, 0.717) is 28.9 Å². The summed E-state index contributed by atoms with van der Waals surface area (Å²) >= 11 is 0. The molecule has 0 atom stereocenters. The van der Waals surface area contributed by atoms with Gasteiger partial charge in [-0.3, -0.25) is 4.79 Å². The summed E-state index contributed by atoms with van der Waals surface area (Å²) in [5.74, 6) is 0. The molecule has 7 nitrogen and oxygen atoms in total. The maximum atomic E-state index is 12.5. The minimum Gasteiger partial charge on any atom is -0.307 e. The molecule has 7 heteroatoms. The molecule has 0 saturated heterocycles. The van der Waals surface area contributed by atoms with Crippen LogP contribution in [0.3, 0.4) is 0 Å². The van der Waals surface area contributed by atoms with E-state index < -0.39 is 6.03 Å². The van der Waals surface area contributed by atoms with Crippen LogP contribution in [0.4, 0.5) is 16.2 Å². The molecule has 0 bridgehead atoms. The van der Waals surface area contributed by atoms with Crippen LogP contribution in [0.1, 0.15) is 17.0 Å². The zero-order valence-electron chi connectivity index (χ0n) is 14.2. The van der Waals surface area contributed by atoms with Crippen molar-refractivity contribution in [2.45, 2.75) is 13.8 Å². The number of aromatic nitrogens is 2. The van der Waals surface area contributed by atoms with Gasteiger partial charge in [0.1, 0.15) is 0 Å². The van der Waals surface area contributed by atoms with Gasteiger partial charge in [0.15, 0.2) is 0 Å². The predicted molar refractivity (Wildman–Crippen MR) is 97.7 cm³/mol. The lowest BCUT2D eigenvalue weighted by atomic mass is 10.2. The number of benzene rings is 2. The second-order valence-corrected chi connectivity index (χ2v) is 5.67. The number of carbonyl (C=O) groups excluding carboxylic acids is 2. The number of hydrogen-bond donors (Lipinski definition) is 1. The molecule has 0 aliphatic heterocycles. The average Bonchev–Trinajstić information content (AvgIpc) is 2.64. The van der Waals surface area contributed by atoms with Crippen molar-refractivity contribution in [3.05, 3.63) is 59.4 Å². The minimum absolute atomic E-state index is 0.309. The van der Waals surface area contributed by atoms with Crippen molar-refractivity contribution >= 4 is 34.8 Å². The first-order valence-corrected chi connectivity index (χ1v) is 7.82.